The summed E-state index contributed by atoms with van der Waals surface area (Å²) in [5.41, 5.74) is 10.1. The zero-order chi connectivity index (χ0) is 11.8. The van der Waals surface area contributed by atoms with Gasteiger partial charge in [0.25, 0.3) is 0 Å². The Balaban J connectivity index is 2.22. The highest BCUT2D eigenvalue weighted by Gasteiger charge is 2.09. The van der Waals surface area contributed by atoms with Gasteiger partial charge in [0.1, 0.15) is 5.52 Å². The first kappa shape index (κ1) is 9.90. The van der Waals surface area contributed by atoms with Crippen molar-refractivity contribution in [3.8, 4) is 11.5 Å². The Kier molecular flexibility index (Phi) is 2.11. The Morgan fingerprint density at radius 2 is 1.94 bits per heavy atom. The Hall–Kier alpha value is -2.29. The largest absolute Gasteiger partial charge is 0.436 e. The summed E-state index contributed by atoms with van der Waals surface area (Å²) in [7, 11) is 0. The van der Waals surface area contributed by atoms with Gasteiger partial charge in [-0.25, -0.2) is 4.98 Å². The van der Waals surface area contributed by atoms with Crippen LogP contribution in [0.15, 0.2) is 46.9 Å². The van der Waals surface area contributed by atoms with E-state index in [1.54, 1.807) is 6.07 Å². The van der Waals surface area contributed by atoms with Crippen LogP contribution in [0.2, 0.25) is 0 Å². The van der Waals surface area contributed by atoms with Crippen molar-refractivity contribution in [1.29, 1.82) is 0 Å². The summed E-state index contributed by atoms with van der Waals surface area (Å²) in [5.74, 6) is 0.642. The normalized spacial score (nSPS) is 10.9. The van der Waals surface area contributed by atoms with Crippen molar-refractivity contribution < 1.29 is 4.42 Å². The van der Waals surface area contributed by atoms with Crippen LogP contribution >= 0.6 is 0 Å². The number of aryl methyl sites for hydroxylation is 1. The van der Waals surface area contributed by atoms with E-state index in [1.807, 2.05) is 43.3 Å². The first-order chi connectivity index (χ1) is 8.24. The second-order valence-electron chi connectivity index (χ2n) is 4.06. The Morgan fingerprint density at radius 1 is 1.12 bits per heavy atom. The number of rotatable bonds is 1. The minimum Gasteiger partial charge on any atom is -0.436 e. The van der Waals surface area contributed by atoms with Crippen molar-refractivity contribution in [2.45, 2.75) is 6.92 Å². The van der Waals surface area contributed by atoms with Gasteiger partial charge in [-0.2, -0.15) is 0 Å². The molecule has 0 aliphatic heterocycles. The summed E-state index contributed by atoms with van der Waals surface area (Å²) in [6, 6.07) is 13.5. The molecule has 0 aliphatic rings. The van der Waals surface area contributed by atoms with Crippen LogP contribution in [0, 0.1) is 6.92 Å². The number of hydrogen-bond acceptors (Lipinski definition) is 3. The van der Waals surface area contributed by atoms with E-state index >= 15 is 0 Å². The summed E-state index contributed by atoms with van der Waals surface area (Å²) in [6.45, 7) is 2.04. The average Bonchev–Trinajstić information content (AvgIpc) is 2.72. The van der Waals surface area contributed by atoms with Crippen LogP contribution in [0.25, 0.3) is 22.6 Å². The second-order valence-corrected chi connectivity index (χ2v) is 4.06. The van der Waals surface area contributed by atoms with Gasteiger partial charge in [0.15, 0.2) is 5.58 Å². The molecule has 3 heteroatoms. The van der Waals surface area contributed by atoms with Gasteiger partial charge >= 0.3 is 0 Å². The molecule has 3 nitrogen and oxygen atoms in total. The molecule has 1 aromatic heterocycles. The second kappa shape index (κ2) is 3.63. The molecule has 0 aliphatic carbocycles. The number of oxazole rings is 1. The van der Waals surface area contributed by atoms with E-state index in [0.717, 1.165) is 22.2 Å². The van der Waals surface area contributed by atoms with E-state index in [-0.39, 0.29) is 0 Å². The molecule has 1 heterocycles. The zero-order valence-electron chi connectivity index (χ0n) is 9.47. The van der Waals surface area contributed by atoms with Gasteiger partial charge in [0.2, 0.25) is 5.89 Å². The van der Waals surface area contributed by atoms with Crippen LogP contribution in [-0.2, 0) is 0 Å². The molecule has 0 fully saturated rings. The van der Waals surface area contributed by atoms with Gasteiger partial charge in [-0.05, 0) is 30.7 Å². The first-order valence-electron chi connectivity index (χ1n) is 5.46. The predicted molar refractivity (Wildman–Crippen MR) is 68.6 cm³/mol. The zero-order valence-corrected chi connectivity index (χ0v) is 9.47. The fourth-order valence-corrected chi connectivity index (χ4v) is 1.87. The maximum absolute atomic E-state index is 5.72. The van der Waals surface area contributed by atoms with Gasteiger partial charge < -0.3 is 10.2 Å². The van der Waals surface area contributed by atoms with Crippen LogP contribution in [-0.4, -0.2) is 4.98 Å². The number of hydrogen-bond donors (Lipinski definition) is 1. The van der Waals surface area contributed by atoms with Crippen LogP contribution in [0.5, 0.6) is 0 Å². The van der Waals surface area contributed by atoms with Crippen molar-refractivity contribution in [1.82, 2.24) is 4.98 Å². The molecule has 0 bridgehead atoms. The van der Waals surface area contributed by atoms with E-state index in [9.17, 15) is 0 Å². The van der Waals surface area contributed by atoms with E-state index in [1.165, 1.54) is 0 Å². The van der Waals surface area contributed by atoms with Crippen molar-refractivity contribution in [2.75, 3.05) is 5.73 Å². The number of benzene rings is 2. The van der Waals surface area contributed by atoms with Crippen LogP contribution in [0.3, 0.4) is 0 Å². The Labute approximate surface area is 98.9 Å². The number of nitrogen functional groups attached to an aromatic ring is 1. The lowest BCUT2D eigenvalue weighted by molar-refractivity contribution is 0.619. The Morgan fingerprint density at radius 3 is 2.76 bits per heavy atom. The number of nitrogens with zero attached hydrogens (tertiary/aromatic N) is 1. The molecule has 0 saturated heterocycles. The summed E-state index contributed by atoms with van der Waals surface area (Å²) in [4.78, 5) is 4.46. The maximum Gasteiger partial charge on any atom is 0.227 e. The lowest BCUT2D eigenvalue weighted by Gasteiger charge is -1.98. The average molecular weight is 224 g/mol. The molecule has 0 saturated carbocycles. The topological polar surface area (TPSA) is 52.0 Å². The van der Waals surface area contributed by atoms with Gasteiger partial charge in [0, 0.05) is 17.3 Å². The molecule has 2 aromatic carbocycles. The first-order valence-corrected chi connectivity index (χ1v) is 5.46. The summed E-state index contributed by atoms with van der Waals surface area (Å²) in [5, 5.41) is 0. The highest BCUT2D eigenvalue weighted by molar-refractivity contribution is 5.79. The molecular weight excluding hydrogens is 212 g/mol. The highest BCUT2D eigenvalue weighted by Crippen LogP contribution is 2.27. The third-order valence-corrected chi connectivity index (χ3v) is 2.79. The van der Waals surface area contributed by atoms with Crippen LogP contribution in [0.4, 0.5) is 5.69 Å². The minimum atomic E-state index is 0.642. The van der Waals surface area contributed by atoms with Gasteiger partial charge in [-0.1, -0.05) is 18.2 Å². The highest BCUT2D eigenvalue weighted by atomic mass is 16.3. The third-order valence-electron chi connectivity index (χ3n) is 2.79. The molecule has 3 rings (SSSR count). The summed E-state index contributed by atoms with van der Waals surface area (Å²) >= 11 is 0. The molecule has 0 atom stereocenters. The smallest absolute Gasteiger partial charge is 0.227 e. The molecule has 0 radical (unpaired) electrons. The summed E-state index contributed by atoms with van der Waals surface area (Å²) in [6.07, 6.45) is 0. The SMILES string of the molecule is Cc1ccccc1-c1nc2ccc(N)cc2o1. The molecule has 17 heavy (non-hydrogen) atoms. The van der Waals surface area contributed by atoms with Crippen molar-refractivity contribution >= 4 is 16.8 Å². The monoisotopic (exact) mass is 224 g/mol. The van der Waals surface area contributed by atoms with Crippen molar-refractivity contribution in [3.63, 3.8) is 0 Å². The third kappa shape index (κ3) is 1.65. The van der Waals surface area contributed by atoms with Crippen molar-refractivity contribution in [3.05, 3.63) is 48.0 Å². The number of aromatic nitrogens is 1. The molecule has 0 spiro atoms. The van der Waals surface area contributed by atoms with Gasteiger partial charge in [0.05, 0.1) is 0 Å². The predicted octanol–water partition coefficient (Wildman–Crippen LogP) is 3.39. The lowest BCUT2D eigenvalue weighted by Crippen LogP contribution is -1.82. The van der Waals surface area contributed by atoms with E-state index < -0.39 is 0 Å². The van der Waals surface area contributed by atoms with Crippen LogP contribution < -0.4 is 5.73 Å². The van der Waals surface area contributed by atoms with Gasteiger partial charge in [-0.15, -0.1) is 0 Å². The molecular formula is C14H12N2O. The number of anilines is 1. The van der Waals surface area contributed by atoms with E-state index in [0.29, 0.717) is 11.6 Å². The minimum absolute atomic E-state index is 0.642. The van der Waals surface area contributed by atoms with Crippen molar-refractivity contribution in [2.24, 2.45) is 0 Å². The molecule has 0 amide bonds. The molecule has 3 aromatic rings. The van der Waals surface area contributed by atoms with E-state index in [2.05, 4.69) is 4.98 Å². The Bertz CT molecular complexity index is 686. The number of fused-ring (bicyclic) bond motifs is 1. The fourth-order valence-electron chi connectivity index (χ4n) is 1.87. The molecule has 84 valence electrons. The van der Waals surface area contributed by atoms with Gasteiger partial charge in [-0.3, -0.25) is 0 Å². The quantitative estimate of drug-likeness (QED) is 0.644. The number of nitrogens with two attached hydrogens (primary N) is 1. The standard InChI is InChI=1S/C14H12N2O/c1-9-4-2-3-5-11(9)14-16-12-7-6-10(15)8-13(12)17-14/h2-8H,15H2,1H3. The lowest BCUT2D eigenvalue weighted by atomic mass is 10.1. The molecule has 0 unspecified atom stereocenters. The fraction of sp³-hybridized carbons (Fsp3) is 0.0714. The molecule has 2 N–H and O–H groups in total. The van der Waals surface area contributed by atoms with Crippen LogP contribution in [0.1, 0.15) is 5.56 Å². The summed E-state index contributed by atoms with van der Waals surface area (Å²) < 4.78 is 5.72. The maximum atomic E-state index is 5.72. The van der Waals surface area contributed by atoms with E-state index in [4.69, 9.17) is 10.2 Å².